The van der Waals surface area contributed by atoms with E-state index in [1.54, 1.807) is 6.07 Å². The Labute approximate surface area is 113 Å². The molecule has 0 spiro atoms. The van der Waals surface area contributed by atoms with Crippen LogP contribution in [0.4, 0.5) is 4.39 Å². The lowest BCUT2D eigenvalue weighted by Gasteiger charge is -2.08. The van der Waals surface area contributed by atoms with Crippen LogP contribution in [0.5, 0.6) is 5.75 Å². The molecule has 0 aliphatic heterocycles. The fraction of sp³-hybridized carbons (Fsp3) is 0.250. The maximum Gasteiger partial charge on any atom is 0.165 e. The molecule has 0 amide bonds. The monoisotopic (exact) mass is 259 g/mol. The summed E-state index contributed by atoms with van der Waals surface area (Å²) >= 11 is 0. The smallest absolute Gasteiger partial charge is 0.165 e. The number of ether oxygens (including phenoxy) is 1. The molecule has 2 aromatic carbocycles. The zero-order chi connectivity index (χ0) is 13.5. The Balaban J connectivity index is 1.97. The molecule has 0 radical (unpaired) electrons. The molecular formula is C16H18FNO. The SMILES string of the molecule is NCCCc1ccc(OCc2ccccc2)c(F)c1. The maximum atomic E-state index is 13.8. The molecule has 100 valence electrons. The molecule has 0 atom stereocenters. The third-order valence-electron chi connectivity index (χ3n) is 2.90. The molecule has 0 unspecified atom stereocenters. The maximum absolute atomic E-state index is 13.8. The molecule has 0 saturated carbocycles. The van der Waals surface area contributed by atoms with Gasteiger partial charge in [0.05, 0.1) is 0 Å². The van der Waals surface area contributed by atoms with Crippen molar-refractivity contribution in [3.8, 4) is 5.75 Å². The lowest BCUT2D eigenvalue weighted by molar-refractivity contribution is 0.290. The summed E-state index contributed by atoms with van der Waals surface area (Å²) in [5.41, 5.74) is 7.41. The second-order valence-corrected chi connectivity index (χ2v) is 4.43. The summed E-state index contributed by atoms with van der Waals surface area (Å²) in [4.78, 5) is 0. The van der Waals surface area contributed by atoms with Crippen molar-refractivity contribution in [2.45, 2.75) is 19.4 Å². The largest absolute Gasteiger partial charge is 0.486 e. The third-order valence-corrected chi connectivity index (χ3v) is 2.90. The number of nitrogens with two attached hydrogens (primary N) is 1. The fourth-order valence-corrected chi connectivity index (χ4v) is 1.86. The second-order valence-electron chi connectivity index (χ2n) is 4.43. The Hall–Kier alpha value is -1.87. The summed E-state index contributed by atoms with van der Waals surface area (Å²) < 4.78 is 19.3. The first-order valence-electron chi connectivity index (χ1n) is 6.45. The molecule has 2 nitrogen and oxygen atoms in total. The minimum absolute atomic E-state index is 0.292. The molecule has 0 aromatic heterocycles. The van der Waals surface area contributed by atoms with Crippen LogP contribution in [0.15, 0.2) is 48.5 Å². The van der Waals surface area contributed by atoms with E-state index in [-0.39, 0.29) is 5.82 Å². The first-order chi connectivity index (χ1) is 9.29. The van der Waals surface area contributed by atoms with Crippen molar-refractivity contribution >= 4 is 0 Å². The Kier molecular flexibility index (Phi) is 4.93. The predicted octanol–water partition coefficient (Wildman–Crippen LogP) is 3.30. The number of aryl methyl sites for hydroxylation is 1. The number of halogens is 1. The van der Waals surface area contributed by atoms with Gasteiger partial charge in [0.2, 0.25) is 0 Å². The average molecular weight is 259 g/mol. The van der Waals surface area contributed by atoms with E-state index in [0.29, 0.717) is 18.9 Å². The van der Waals surface area contributed by atoms with Gasteiger partial charge in [-0.15, -0.1) is 0 Å². The normalized spacial score (nSPS) is 10.4. The van der Waals surface area contributed by atoms with Crippen LogP contribution in [0.25, 0.3) is 0 Å². The standard InChI is InChI=1S/C16H18FNO/c17-15-11-13(7-4-10-18)8-9-16(15)19-12-14-5-2-1-3-6-14/h1-3,5-6,8-9,11H,4,7,10,12,18H2. The minimum Gasteiger partial charge on any atom is -0.486 e. The van der Waals surface area contributed by atoms with E-state index in [1.165, 1.54) is 6.07 Å². The van der Waals surface area contributed by atoms with E-state index in [9.17, 15) is 4.39 Å². The summed E-state index contributed by atoms with van der Waals surface area (Å²) in [6.45, 7) is 0.994. The van der Waals surface area contributed by atoms with Crippen molar-refractivity contribution in [2.24, 2.45) is 5.73 Å². The van der Waals surface area contributed by atoms with Crippen LogP contribution < -0.4 is 10.5 Å². The first kappa shape index (κ1) is 13.6. The second kappa shape index (κ2) is 6.90. The van der Waals surface area contributed by atoms with E-state index < -0.39 is 0 Å². The van der Waals surface area contributed by atoms with E-state index in [1.807, 2.05) is 36.4 Å². The highest BCUT2D eigenvalue weighted by Gasteiger charge is 2.05. The Morgan fingerprint density at radius 3 is 2.47 bits per heavy atom. The van der Waals surface area contributed by atoms with Gasteiger partial charge in [-0.25, -0.2) is 4.39 Å². The Bertz CT molecular complexity index is 513. The summed E-state index contributed by atoms with van der Waals surface area (Å²) in [7, 11) is 0. The van der Waals surface area contributed by atoms with Gasteiger partial charge in [-0.1, -0.05) is 36.4 Å². The van der Waals surface area contributed by atoms with Crippen LogP contribution in [-0.4, -0.2) is 6.54 Å². The van der Waals surface area contributed by atoms with Gasteiger partial charge >= 0.3 is 0 Å². The van der Waals surface area contributed by atoms with E-state index in [0.717, 1.165) is 24.0 Å². The number of hydrogen-bond acceptors (Lipinski definition) is 2. The predicted molar refractivity (Wildman–Crippen MR) is 74.5 cm³/mol. The number of benzene rings is 2. The van der Waals surface area contributed by atoms with E-state index in [4.69, 9.17) is 10.5 Å². The summed E-state index contributed by atoms with van der Waals surface area (Å²) in [5, 5.41) is 0. The van der Waals surface area contributed by atoms with Crippen LogP contribution in [0.3, 0.4) is 0 Å². The fourth-order valence-electron chi connectivity index (χ4n) is 1.86. The van der Waals surface area contributed by atoms with Crippen LogP contribution in [0, 0.1) is 5.82 Å². The van der Waals surface area contributed by atoms with Gasteiger partial charge in [0.25, 0.3) is 0 Å². The Morgan fingerprint density at radius 1 is 1.00 bits per heavy atom. The van der Waals surface area contributed by atoms with Crippen molar-refractivity contribution in [1.82, 2.24) is 0 Å². The third kappa shape index (κ3) is 4.07. The molecule has 2 aromatic rings. The van der Waals surface area contributed by atoms with E-state index in [2.05, 4.69) is 0 Å². The van der Waals surface area contributed by atoms with Gasteiger partial charge in [-0.2, -0.15) is 0 Å². The first-order valence-corrected chi connectivity index (χ1v) is 6.45. The minimum atomic E-state index is -0.314. The Morgan fingerprint density at radius 2 is 1.79 bits per heavy atom. The molecule has 0 saturated heterocycles. The topological polar surface area (TPSA) is 35.2 Å². The molecule has 0 aliphatic rings. The van der Waals surface area contributed by atoms with Gasteiger partial charge in [-0.3, -0.25) is 0 Å². The van der Waals surface area contributed by atoms with Gasteiger partial charge in [0, 0.05) is 0 Å². The highest BCUT2D eigenvalue weighted by Crippen LogP contribution is 2.20. The van der Waals surface area contributed by atoms with Crippen LogP contribution in [-0.2, 0) is 13.0 Å². The summed E-state index contributed by atoms with van der Waals surface area (Å²) in [6.07, 6.45) is 1.66. The van der Waals surface area contributed by atoms with Crippen molar-refractivity contribution in [3.05, 3.63) is 65.5 Å². The van der Waals surface area contributed by atoms with Crippen LogP contribution in [0.1, 0.15) is 17.5 Å². The average Bonchev–Trinajstić information content (AvgIpc) is 2.45. The molecule has 0 heterocycles. The number of hydrogen-bond donors (Lipinski definition) is 1. The molecule has 0 fully saturated rings. The van der Waals surface area contributed by atoms with Gasteiger partial charge < -0.3 is 10.5 Å². The lowest BCUT2D eigenvalue weighted by atomic mass is 10.1. The molecule has 2 rings (SSSR count). The molecular weight excluding hydrogens is 241 g/mol. The summed E-state index contributed by atoms with van der Waals surface area (Å²) in [6, 6.07) is 14.8. The van der Waals surface area contributed by atoms with E-state index >= 15 is 0 Å². The molecule has 3 heteroatoms. The van der Waals surface area contributed by atoms with Crippen LogP contribution >= 0.6 is 0 Å². The quantitative estimate of drug-likeness (QED) is 0.864. The van der Waals surface area contributed by atoms with Crippen molar-refractivity contribution < 1.29 is 9.13 Å². The lowest BCUT2D eigenvalue weighted by Crippen LogP contribution is -2.01. The zero-order valence-electron chi connectivity index (χ0n) is 10.8. The molecule has 2 N–H and O–H groups in total. The van der Waals surface area contributed by atoms with Crippen molar-refractivity contribution in [1.29, 1.82) is 0 Å². The van der Waals surface area contributed by atoms with Gasteiger partial charge in [0.15, 0.2) is 11.6 Å². The molecule has 0 bridgehead atoms. The molecule has 19 heavy (non-hydrogen) atoms. The van der Waals surface area contributed by atoms with Crippen LogP contribution in [0.2, 0.25) is 0 Å². The van der Waals surface area contributed by atoms with Crippen molar-refractivity contribution in [3.63, 3.8) is 0 Å². The zero-order valence-corrected chi connectivity index (χ0v) is 10.8. The van der Waals surface area contributed by atoms with Gasteiger partial charge in [0.1, 0.15) is 6.61 Å². The van der Waals surface area contributed by atoms with Crippen molar-refractivity contribution in [2.75, 3.05) is 6.54 Å². The number of rotatable bonds is 6. The molecule has 0 aliphatic carbocycles. The highest BCUT2D eigenvalue weighted by atomic mass is 19.1. The highest BCUT2D eigenvalue weighted by molar-refractivity contribution is 5.30. The van der Waals surface area contributed by atoms with Gasteiger partial charge in [-0.05, 0) is 42.6 Å². The summed E-state index contributed by atoms with van der Waals surface area (Å²) in [5.74, 6) is -0.0224.